The predicted octanol–water partition coefficient (Wildman–Crippen LogP) is 2.30. The third-order valence-corrected chi connectivity index (χ3v) is 3.59. The van der Waals surface area contributed by atoms with Crippen LogP contribution in [0.5, 0.6) is 5.75 Å². The lowest BCUT2D eigenvalue weighted by Gasteiger charge is -2.41. The Bertz CT molecular complexity index is 645. The van der Waals surface area contributed by atoms with Crippen LogP contribution in [0.4, 0.5) is 9.18 Å². The van der Waals surface area contributed by atoms with Gasteiger partial charge in [-0.15, -0.1) is 0 Å². The summed E-state index contributed by atoms with van der Waals surface area (Å²) in [6, 6.07) is 5.63. The molecule has 1 unspecified atom stereocenters. The fraction of sp³-hybridized carbons (Fsp3) is 0.529. The lowest BCUT2D eigenvalue weighted by molar-refractivity contribution is -0.0413. The summed E-state index contributed by atoms with van der Waals surface area (Å²) in [5.41, 5.74) is -0.612. The van der Waals surface area contributed by atoms with Crippen molar-refractivity contribution in [2.24, 2.45) is 5.92 Å². The van der Waals surface area contributed by atoms with Gasteiger partial charge in [0.1, 0.15) is 29.8 Å². The van der Waals surface area contributed by atoms with Crippen LogP contribution >= 0.6 is 0 Å². The van der Waals surface area contributed by atoms with Crippen molar-refractivity contribution in [1.82, 2.24) is 4.90 Å². The third-order valence-electron chi connectivity index (χ3n) is 3.59. The molecule has 0 aromatic heterocycles. The molecule has 0 spiro atoms. The van der Waals surface area contributed by atoms with E-state index in [2.05, 4.69) is 0 Å². The number of nitriles is 1. The molecular weight excluding hydrogens is 315 g/mol. The fourth-order valence-electron chi connectivity index (χ4n) is 2.23. The van der Waals surface area contributed by atoms with Gasteiger partial charge in [-0.25, -0.2) is 9.18 Å². The van der Waals surface area contributed by atoms with Crippen molar-refractivity contribution in [3.63, 3.8) is 0 Å². The van der Waals surface area contributed by atoms with Crippen LogP contribution in [0.1, 0.15) is 26.3 Å². The Morgan fingerprint density at radius 2 is 2.17 bits per heavy atom. The van der Waals surface area contributed by atoms with E-state index in [4.69, 9.17) is 14.7 Å². The van der Waals surface area contributed by atoms with Crippen LogP contribution in [0.25, 0.3) is 0 Å². The maximum Gasteiger partial charge on any atom is 0.410 e. The quantitative estimate of drug-likeness (QED) is 0.912. The molecule has 0 aliphatic carbocycles. The molecule has 1 fully saturated rings. The monoisotopic (exact) mass is 336 g/mol. The van der Waals surface area contributed by atoms with Crippen LogP contribution < -0.4 is 4.74 Å². The second-order valence-corrected chi connectivity index (χ2v) is 6.78. The van der Waals surface area contributed by atoms with E-state index < -0.39 is 23.6 Å². The zero-order valence-electron chi connectivity index (χ0n) is 14.0. The number of carbonyl (C=O) groups is 1. The average molecular weight is 336 g/mol. The minimum absolute atomic E-state index is 0.0157. The summed E-state index contributed by atoms with van der Waals surface area (Å²) in [6.45, 7) is 6.14. The highest BCUT2D eigenvalue weighted by Crippen LogP contribution is 2.23. The van der Waals surface area contributed by atoms with E-state index in [1.807, 2.05) is 0 Å². The van der Waals surface area contributed by atoms with Gasteiger partial charge >= 0.3 is 6.09 Å². The molecule has 1 amide bonds. The molecule has 1 heterocycles. The van der Waals surface area contributed by atoms with E-state index in [1.165, 1.54) is 17.0 Å². The van der Waals surface area contributed by atoms with E-state index in [0.717, 1.165) is 6.07 Å². The minimum Gasteiger partial charge on any atom is -0.491 e. The molecule has 0 radical (unpaired) electrons. The zero-order chi connectivity index (χ0) is 17.9. The molecule has 1 aliphatic heterocycles. The number of hydrogen-bond acceptors (Lipinski definition) is 5. The second-order valence-electron chi connectivity index (χ2n) is 6.78. The zero-order valence-corrected chi connectivity index (χ0v) is 14.0. The first-order valence-electron chi connectivity index (χ1n) is 7.68. The van der Waals surface area contributed by atoms with Crippen LogP contribution in [0.3, 0.4) is 0 Å². The highest BCUT2D eigenvalue weighted by atomic mass is 19.1. The standard InChI is InChI=1S/C17H21FN2O4/c1-17(2,3)24-16(22)20-8-12(9-20)15(21)10-23-13-5-4-11(7-19)14(18)6-13/h4-6,12,15,21H,8-10H2,1-3H3. The van der Waals surface area contributed by atoms with E-state index in [-0.39, 0.29) is 23.8 Å². The molecule has 1 N–H and O–H groups in total. The van der Waals surface area contributed by atoms with Gasteiger partial charge in [0.15, 0.2) is 0 Å². The van der Waals surface area contributed by atoms with Crippen LogP contribution in [-0.4, -0.2) is 47.5 Å². The molecule has 1 aromatic rings. The Balaban J connectivity index is 1.77. The van der Waals surface area contributed by atoms with Crippen molar-refractivity contribution in [2.45, 2.75) is 32.5 Å². The van der Waals surface area contributed by atoms with Crippen LogP contribution in [-0.2, 0) is 4.74 Å². The Kier molecular flexibility index (Phi) is 5.30. The average Bonchev–Trinajstić information content (AvgIpc) is 2.41. The molecule has 6 nitrogen and oxygen atoms in total. The van der Waals surface area contributed by atoms with Gasteiger partial charge in [0.25, 0.3) is 0 Å². The van der Waals surface area contributed by atoms with E-state index >= 15 is 0 Å². The highest BCUT2D eigenvalue weighted by molar-refractivity contribution is 5.69. The number of nitrogens with zero attached hydrogens (tertiary/aromatic N) is 2. The van der Waals surface area contributed by atoms with Crippen molar-refractivity contribution < 1.29 is 23.8 Å². The Morgan fingerprint density at radius 3 is 2.71 bits per heavy atom. The minimum atomic E-state index is -0.776. The van der Waals surface area contributed by atoms with Crippen LogP contribution in [0.2, 0.25) is 0 Å². The maximum atomic E-state index is 13.5. The number of aliphatic hydroxyl groups excluding tert-OH is 1. The normalized spacial score (nSPS) is 16.1. The lowest BCUT2D eigenvalue weighted by atomic mass is 9.94. The number of hydrogen-bond donors (Lipinski definition) is 1. The Morgan fingerprint density at radius 1 is 1.50 bits per heavy atom. The van der Waals surface area contributed by atoms with Crippen molar-refractivity contribution in [1.29, 1.82) is 5.26 Å². The molecule has 1 aliphatic rings. The predicted molar refractivity (Wildman–Crippen MR) is 83.9 cm³/mol. The van der Waals surface area contributed by atoms with Crippen LogP contribution in [0.15, 0.2) is 18.2 Å². The lowest BCUT2D eigenvalue weighted by Crippen LogP contribution is -2.56. The van der Waals surface area contributed by atoms with Gasteiger partial charge in [-0.05, 0) is 32.9 Å². The first-order chi connectivity index (χ1) is 11.2. The number of rotatable bonds is 4. The topological polar surface area (TPSA) is 82.8 Å². The van der Waals surface area contributed by atoms with Gasteiger partial charge in [0.05, 0.1) is 11.7 Å². The summed E-state index contributed by atoms with van der Waals surface area (Å²) in [4.78, 5) is 13.3. The van der Waals surface area contributed by atoms with Crippen LogP contribution in [0, 0.1) is 23.1 Å². The molecule has 7 heteroatoms. The van der Waals surface area contributed by atoms with Gasteiger partial charge in [0, 0.05) is 25.1 Å². The first kappa shape index (κ1) is 18.0. The smallest absolute Gasteiger partial charge is 0.410 e. The van der Waals surface area contributed by atoms with Gasteiger partial charge in [-0.2, -0.15) is 5.26 Å². The second kappa shape index (κ2) is 7.05. The number of amides is 1. The summed E-state index contributed by atoms with van der Waals surface area (Å²) < 4.78 is 24.1. The summed E-state index contributed by atoms with van der Waals surface area (Å²) in [6.07, 6.45) is -1.18. The number of ether oxygens (including phenoxy) is 2. The Hall–Kier alpha value is -2.33. The summed E-state index contributed by atoms with van der Waals surface area (Å²) in [5, 5.41) is 18.7. The van der Waals surface area contributed by atoms with Gasteiger partial charge in [-0.3, -0.25) is 0 Å². The highest BCUT2D eigenvalue weighted by Gasteiger charge is 2.37. The molecule has 1 aromatic carbocycles. The molecule has 2 rings (SSSR count). The van der Waals surface area contributed by atoms with E-state index in [1.54, 1.807) is 26.8 Å². The largest absolute Gasteiger partial charge is 0.491 e. The number of aliphatic hydroxyl groups is 1. The number of halogens is 1. The van der Waals surface area contributed by atoms with Crippen molar-refractivity contribution >= 4 is 6.09 Å². The van der Waals surface area contributed by atoms with Gasteiger partial charge in [-0.1, -0.05) is 0 Å². The number of carbonyl (C=O) groups excluding carboxylic acids is 1. The van der Waals surface area contributed by atoms with Gasteiger partial charge in [0.2, 0.25) is 0 Å². The summed E-state index contributed by atoms with van der Waals surface area (Å²) in [7, 11) is 0. The molecule has 1 atom stereocenters. The SMILES string of the molecule is CC(C)(C)OC(=O)N1CC(C(O)COc2ccc(C#N)c(F)c2)C1. The van der Waals surface area contributed by atoms with Gasteiger partial charge < -0.3 is 19.5 Å². The maximum absolute atomic E-state index is 13.5. The molecule has 0 saturated carbocycles. The van der Waals surface area contributed by atoms with E-state index in [0.29, 0.717) is 13.1 Å². The van der Waals surface area contributed by atoms with Crippen molar-refractivity contribution in [3.8, 4) is 11.8 Å². The molecule has 24 heavy (non-hydrogen) atoms. The molecule has 0 bridgehead atoms. The molecule has 130 valence electrons. The third kappa shape index (κ3) is 4.59. The molecule has 1 saturated heterocycles. The fourth-order valence-corrected chi connectivity index (χ4v) is 2.23. The first-order valence-corrected chi connectivity index (χ1v) is 7.68. The summed E-state index contributed by atoms with van der Waals surface area (Å²) >= 11 is 0. The van der Waals surface area contributed by atoms with E-state index in [9.17, 15) is 14.3 Å². The number of likely N-dealkylation sites (tertiary alicyclic amines) is 1. The van der Waals surface area contributed by atoms with Crippen molar-refractivity contribution in [2.75, 3.05) is 19.7 Å². The summed E-state index contributed by atoms with van der Waals surface area (Å²) in [5.74, 6) is -0.529. The molecular formula is C17H21FN2O4. The van der Waals surface area contributed by atoms with Crippen molar-refractivity contribution in [3.05, 3.63) is 29.6 Å². The Labute approximate surface area is 140 Å². The number of benzene rings is 1.